The maximum Gasteiger partial charge on any atom is 0.416 e. The molecule has 3 rings (SSSR count). The minimum absolute atomic E-state index is 0.0183. The average molecular weight is 541 g/mol. The molecular weight excluding hydrogens is 514 g/mol. The van der Waals surface area contributed by atoms with E-state index in [1.165, 1.54) is 13.2 Å². The Hall–Kier alpha value is -3.67. The molecule has 0 saturated heterocycles. The van der Waals surface area contributed by atoms with E-state index in [4.69, 9.17) is 4.74 Å². The number of hydrogen-bond donors (Lipinski definition) is 0. The Labute approximate surface area is 215 Å². The lowest BCUT2D eigenvalue weighted by molar-refractivity contribution is -0.143. The lowest BCUT2D eigenvalue weighted by Gasteiger charge is -2.21. The van der Waals surface area contributed by atoms with Gasteiger partial charge in [0.1, 0.15) is 6.61 Å². The predicted octanol–water partition coefficient (Wildman–Crippen LogP) is 5.70. The van der Waals surface area contributed by atoms with Crippen molar-refractivity contribution in [1.29, 1.82) is 0 Å². The summed E-state index contributed by atoms with van der Waals surface area (Å²) in [5.74, 6) is -0.686. The molecule has 0 atom stereocenters. The number of hydrogen-bond acceptors (Lipinski definition) is 5. The standard InChI is InChI=1S/C26H26F6N4O2/c1-16-7-5-6-8-20(16)22-21(14-33-24(34-22)38-10-9-35(2)3)23(37)36(4)15-17-11-18(25(27,28)29)13-19(12-17)26(30,31)32/h5-8,11-14H,9-10,15H2,1-4H3. The van der Waals surface area contributed by atoms with Gasteiger partial charge < -0.3 is 14.5 Å². The Balaban J connectivity index is 1.98. The van der Waals surface area contributed by atoms with Crippen LogP contribution >= 0.6 is 0 Å². The molecule has 2 aromatic carbocycles. The molecule has 0 unspecified atom stereocenters. The Morgan fingerprint density at radius 2 is 1.55 bits per heavy atom. The molecule has 0 bridgehead atoms. The number of benzene rings is 2. The summed E-state index contributed by atoms with van der Waals surface area (Å²) < 4.78 is 85.2. The van der Waals surface area contributed by atoms with E-state index in [0.29, 0.717) is 24.2 Å². The fourth-order valence-corrected chi connectivity index (χ4v) is 3.62. The quantitative estimate of drug-likeness (QED) is 0.343. The maximum atomic E-state index is 13.4. The molecule has 0 aliphatic heterocycles. The van der Waals surface area contributed by atoms with E-state index in [2.05, 4.69) is 9.97 Å². The van der Waals surface area contributed by atoms with Crippen LogP contribution in [0.1, 0.15) is 32.6 Å². The monoisotopic (exact) mass is 540 g/mol. The molecule has 204 valence electrons. The van der Waals surface area contributed by atoms with Crippen molar-refractivity contribution in [2.45, 2.75) is 25.8 Å². The second-order valence-electron chi connectivity index (χ2n) is 8.96. The van der Waals surface area contributed by atoms with Gasteiger partial charge in [0, 0.05) is 31.9 Å². The first-order valence-corrected chi connectivity index (χ1v) is 11.4. The molecule has 0 saturated carbocycles. The van der Waals surface area contributed by atoms with Gasteiger partial charge in [0.05, 0.1) is 22.4 Å². The molecule has 38 heavy (non-hydrogen) atoms. The first kappa shape index (κ1) is 28.9. The number of aromatic nitrogens is 2. The van der Waals surface area contributed by atoms with Gasteiger partial charge in [-0.3, -0.25) is 4.79 Å². The van der Waals surface area contributed by atoms with Crippen LogP contribution in [0.5, 0.6) is 6.01 Å². The highest BCUT2D eigenvalue weighted by Crippen LogP contribution is 2.36. The van der Waals surface area contributed by atoms with Gasteiger partial charge in [-0.1, -0.05) is 24.3 Å². The molecular formula is C26H26F6N4O2. The SMILES string of the molecule is Cc1ccccc1-c1nc(OCCN(C)C)ncc1C(=O)N(C)Cc1cc(C(F)(F)F)cc(C(F)(F)F)c1. The van der Waals surface area contributed by atoms with Gasteiger partial charge in [-0.25, -0.2) is 4.98 Å². The van der Waals surface area contributed by atoms with Gasteiger partial charge in [-0.2, -0.15) is 31.3 Å². The van der Waals surface area contributed by atoms with Crippen LogP contribution in [-0.4, -0.2) is 60.0 Å². The number of amides is 1. The third kappa shape index (κ3) is 7.21. The predicted molar refractivity (Wildman–Crippen MR) is 128 cm³/mol. The molecule has 1 aromatic heterocycles. The number of halogens is 6. The van der Waals surface area contributed by atoms with Gasteiger partial charge in [0.2, 0.25) is 0 Å². The fraction of sp³-hybridized carbons (Fsp3) is 0.346. The Morgan fingerprint density at radius 1 is 0.947 bits per heavy atom. The average Bonchev–Trinajstić information content (AvgIpc) is 2.82. The number of aryl methyl sites for hydroxylation is 1. The fourth-order valence-electron chi connectivity index (χ4n) is 3.62. The van der Waals surface area contributed by atoms with E-state index in [0.717, 1.165) is 10.5 Å². The van der Waals surface area contributed by atoms with Crippen molar-refractivity contribution < 1.29 is 35.9 Å². The van der Waals surface area contributed by atoms with Crippen molar-refractivity contribution in [2.75, 3.05) is 34.3 Å². The molecule has 1 heterocycles. The number of ether oxygens (including phenoxy) is 1. The largest absolute Gasteiger partial charge is 0.462 e. The first-order valence-electron chi connectivity index (χ1n) is 11.4. The number of alkyl halides is 6. The Bertz CT molecular complexity index is 1260. The van der Waals surface area contributed by atoms with Crippen molar-refractivity contribution in [3.05, 3.63) is 76.5 Å². The lowest BCUT2D eigenvalue weighted by Crippen LogP contribution is -2.28. The van der Waals surface area contributed by atoms with Crippen LogP contribution in [-0.2, 0) is 18.9 Å². The molecule has 12 heteroatoms. The van der Waals surface area contributed by atoms with E-state index >= 15 is 0 Å². The summed E-state index contributed by atoms with van der Waals surface area (Å²) in [5, 5.41) is 0. The number of carbonyl (C=O) groups excluding carboxylic acids is 1. The van der Waals surface area contributed by atoms with E-state index in [9.17, 15) is 31.1 Å². The van der Waals surface area contributed by atoms with Crippen molar-refractivity contribution in [2.24, 2.45) is 0 Å². The van der Waals surface area contributed by atoms with E-state index in [-0.39, 0.29) is 35.5 Å². The molecule has 0 aliphatic rings. The van der Waals surface area contributed by atoms with Gasteiger partial charge in [0.15, 0.2) is 0 Å². The van der Waals surface area contributed by atoms with Crippen LogP contribution in [0.15, 0.2) is 48.7 Å². The molecule has 0 N–H and O–H groups in total. The van der Waals surface area contributed by atoms with Gasteiger partial charge in [-0.05, 0) is 50.3 Å². The van der Waals surface area contributed by atoms with Gasteiger partial charge >= 0.3 is 18.4 Å². The van der Waals surface area contributed by atoms with Crippen molar-refractivity contribution >= 4 is 5.91 Å². The summed E-state index contributed by atoms with van der Waals surface area (Å²) in [7, 11) is 5.00. The topological polar surface area (TPSA) is 58.6 Å². The van der Waals surface area contributed by atoms with Crippen LogP contribution in [0.4, 0.5) is 26.3 Å². The van der Waals surface area contributed by atoms with E-state index in [1.54, 1.807) is 18.2 Å². The zero-order valence-electron chi connectivity index (χ0n) is 21.1. The normalized spacial score (nSPS) is 12.1. The maximum absolute atomic E-state index is 13.4. The molecule has 0 spiro atoms. The highest BCUT2D eigenvalue weighted by Gasteiger charge is 2.37. The smallest absolute Gasteiger partial charge is 0.416 e. The van der Waals surface area contributed by atoms with Crippen LogP contribution in [0.3, 0.4) is 0 Å². The first-order chi connectivity index (χ1) is 17.7. The number of carbonyl (C=O) groups is 1. The minimum atomic E-state index is -4.99. The van der Waals surface area contributed by atoms with Gasteiger partial charge in [-0.15, -0.1) is 0 Å². The number of rotatable bonds is 8. The number of nitrogens with zero attached hydrogens (tertiary/aromatic N) is 4. The molecule has 1 amide bonds. The third-order valence-corrected chi connectivity index (χ3v) is 5.58. The zero-order chi connectivity index (χ0) is 28.3. The van der Waals surface area contributed by atoms with Crippen molar-refractivity contribution in [1.82, 2.24) is 19.8 Å². The number of likely N-dealkylation sites (N-methyl/N-ethyl adjacent to an activating group) is 1. The van der Waals surface area contributed by atoms with Gasteiger partial charge in [0.25, 0.3) is 5.91 Å². The summed E-state index contributed by atoms with van der Waals surface area (Å²) >= 11 is 0. The summed E-state index contributed by atoms with van der Waals surface area (Å²) in [5.41, 5.74) is -1.60. The zero-order valence-corrected chi connectivity index (χ0v) is 21.1. The highest BCUT2D eigenvalue weighted by atomic mass is 19.4. The lowest BCUT2D eigenvalue weighted by atomic mass is 10.0. The van der Waals surface area contributed by atoms with Crippen molar-refractivity contribution in [3.63, 3.8) is 0 Å². The molecule has 3 aromatic rings. The van der Waals surface area contributed by atoms with Crippen LogP contribution in [0.2, 0.25) is 0 Å². The molecule has 6 nitrogen and oxygen atoms in total. The van der Waals surface area contributed by atoms with E-state index < -0.39 is 35.9 Å². The summed E-state index contributed by atoms with van der Waals surface area (Å²) in [6.45, 7) is 2.16. The Morgan fingerprint density at radius 3 is 2.11 bits per heavy atom. The molecule has 0 radical (unpaired) electrons. The molecule has 0 aliphatic carbocycles. The third-order valence-electron chi connectivity index (χ3n) is 5.58. The van der Waals surface area contributed by atoms with Crippen LogP contribution < -0.4 is 4.74 Å². The second kappa shape index (κ2) is 11.4. The minimum Gasteiger partial charge on any atom is -0.462 e. The van der Waals surface area contributed by atoms with Crippen LogP contribution in [0, 0.1) is 6.92 Å². The van der Waals surface area contributed by atoms with Crippen LogP contribution in [0.25, 0.3) is 11.3 Å². The summed E-state index contributed by atoms with van der Waals surface area (Å²) in [4.78, 5) is 24.8. The van der Waals surface area contributed by atoms with Crippen molar-refractivity contribution in [3.8, 4) is 17.3 Å². The van der Waals surface area contributed by atoms with E-state index in [1.807, 2.05) is 32.0 Å². The highest BCUT2D eigenvalue weighted by molar-refractivity contribution is 5.99. The Kier molecular flexibility index (Phi) is 8.65. The second-order valence-corrected chi connectivity index (χ2v) is 8.96. The summed E-state index contributed by atoms with van der Waals surface area (Å²) in [6.07, 6.45) is -8.74. The molecule has 0 fully saturated rings. The summed E-state index contributed by atoms with van der Waals surface area (Å²) in [6, 6.07) is 8.36.